The number of hydrogen-bond donors (Lipinski definition) is 1. The third-order valence-electron chi connectivity index (χ3n) is 3.06. The van der Waals surface area contributed by atoms with Crippen molar-refractivity contribution in [2.45, 2.75) is 6.92 Å². The van der Waals surface area contributed by atoms with E-state index in [1.807, 2.05) is 65.9 Å². The van der Waals surface area contributed by atoms with Crippen molar-refractivity contribution in [1.29, 1.82) is 0 Å². The van der Waals surface area contributed by atoms with E-state index in [4.69, 9.17) is 4.74 Å². The molecular formula is C16H12INO2. The number of fused-ring (bicyclic) bond motifs is 1. The lowest BCUT2D eigenvalue weighted by Gasteiger charge is -2.07. The summed E-state index contributed by atoms with van der Waals surface area (Å²) in [4.78, 5) is 15.2. The second kappa shape index (κ2) is 5.28. The van der Waals surface area contributed by atoms with Gasteiger partial charge in [-0.1, -0.05) is 17.7 Å². The Bertz CT molecular complexity index is 822. The summed E-state index contributed by atoms with van der Waals surface area (Å²) in [6.45, 7) is 2.03. The summed E-state index contributed by atoms with van der Waals surface area (Å²) in [5.74, 6) is 1.42. The number of rotatable bonds is 2. The summed E-state index contributed by atoms with van der Waals surface area (Å²) in [6.07, 6.45) is 1.71. The number of aromatic amines is 1. The van der Waals surface area contributed by atoms with Gasteiger partial charge in [-0.25, -0.2) is 0 Å². The molecule has 0 spiro atoms. The average molecular weight is 377 g/mol. The molecule has 0 fully saturated rings. The Labute approximate surface area is 129 Å². The van der Waals surface area contributed by atoms with Gasteiger partial charge in [0, 0.05) is 11.7 Å². The van der Waals surface area contributed by atoms with Crippen LogP contribution in [0.5, 0.6) is 11.5 Å². The molecule has 0 aliphatic carbocycles. The first-order valence-electron chi connectivity index (χ1n) is 6.19. The fraction of sp³-hybridized carbons (Fsp3) is 0.0625. The van der Waals surface area contributed by atoms with Crippen LogP contribution in [0.3, 0.4) is 0 Å². The van der Waals surface area contributed by atoms with Crippen LogP contribution in [-0.2, 0) is 0 Å². The molecule has 2 aromatic carbocycles. The minimum Gasteiger partial charge on any atom is -0.457 e. The predicted octanol–water partition coefficient (Wildman–Crippen LogP) is 4.23. The number of nitrogens with one attached hydrogen (secondary N) is 1. The molecule has 0 saturated carbocycles. The Morgan fingerprint density at radius 1 is 1.05 bits per heavy atom. The zero-order valence-corrected chi connectivity index (χ0v) is 13.0. The summed E-state index contributed by atoms with van der Waals surface area (Å²) in [5.41, 5.74) is 2.02. The maximum absolute atomic E-state index is 12.1. The first-order chi connectivity index (χ1) is 9.63. The molecule has 0 atom stereocenters. The van der Waals surface area contributed by atoms with E-state index in [1.165, 1.54) is 5.56 Å². The van der Waals surface area contributed by atoms with Gasteiger partial charge in [0.15, 0.2) is 0 Å². The van der Waals surface area contributed by atoms with E-state index in [1.54, 1.807) is 12.3 Å². The number of pyridine rings is 1. The molecule has 1 aromatic heterocycles. The van der Waals surface area contributed by atoms with E-state index in [2.05, 4.69) is 4.98 Å². The monoisotopic (exact) mass is 377 g/mol. The molecule has 1 N–H and O–H groups in total. The fourth-order valence-corrected chi connectivity index (χ4v) is 2.42. The molecule has 0 saturated heterocycles. The number of H-pyrrole nitrogens is 1. The molecule has 3 aromatic rings. The van der Waals surface area contributed by atoms with Crippen LogP contribution in [0, 0.1) is 10.5 Å². The van der Waals surface area contributed by atoms with Crippen LogP contribution >= 0.6 is 22.6 Å². The molecule has 4 heteroatoms. The maximum Gasteiger partial charge on any atom is 0.202 e. The van der Waals surface area contributed by atoms with Gasteiger partial charge in [0.1, 0.15) is 11.5 Å². The third-order valence-corrected chi connectivity index (χ3v) is 3.86. The highest BCUT2D eigenvalue weighted by molar-refractivity contribution is 14.1. The van der Waals surface area contributed by atoms with Gasteiger partial charge < -0.3 is 9.72 Å². The van der Waals surface area contributed by atoms with Crippen molar-refractivity contribution in [3.8, 4) is 11.5 Å². The van der Waals surface area contributed by atoms with Crippen LogP contribution in [0.2, 0.25) is 0 Å². The van der Waals surface area contributed by atoms with Gasteiger partial charge in [-0.3, -0.25) is 4.79 Å². The van der Waals surface area contributed by atoms with Crippen LogP contribution in [0.25, 0.3) is 10.9 Å². The molecule has 1 heterocycles. The van der Waals surface area contributed by atoms with E-state index in [-0.39, 0.29) is 5.43 Å². The molecule has 100 valence electrons. The number of hydrogen-bond acceptors (Lipinski definition) is 2. The van der Waals surface area contributed by atoms with Crippen LogP contribution in [0.15, 0.2) is 53.5 Å². The number of aromatic nitrogens is 1. The molecular weight excluding hydrogens is 365 g/mol. The summed E-state index contributed by atoms with van der Waals surface area (Å²) < 4.78 is 6.45. The quantitative estimate of drug-likeness (QED) is 0.679. The third kappa shape index (κ3) is 2.56. The summed E-state index contributed by atoms with van der Waals surface area (Å²) in [5, 5.41) is 0.640. The number of halogens is 1. The lowest BCUT2D eigenvalue weighted by molar-refractivity contribution is 0.483. The molecule has 0 radical (unpaired) electrons. The fourth-order valence-electron chi connectivity index (χ4n) is 1.98. The Kier molecular flexibility index (Phi) is 3.48. The number of aryl methyl sites for hydroxylation is 1. The molecule has 0 bridgehead atoms. The Morgan fingerprint density at radius 3 is 2.50 bits per heavy atom. The van der Waals surface area contributed by atoms with E-state index < -0.39 is 0 Å². The Balaban J connectivity index is 2.02. The van der Waals surface area contributed by atoms with Crippen molar-refractivity contribution in [1.82, 2.24) is 4.98 Å². The standard InChI is InChI=1S/C16H12INO2/c1-10-2-4-11(5-3-10)20-12-6-7-15-13(8-12)16(19)14(17)9-18-15/h2-9H,1H3,(H,18,19). The van der Waals surface area contributed by atoms with E-state index >= 15 is 0 Å². The van der Waals surface area contributed by atoms with Gasteiger partial charge in [-0.05, 0) is 59.8 Å². The molecule has 0 unspecified atom stereocenters. The molecule has 0 aliphatic heterocycles. The van der Waals surface area contributed by atoms with Crippen molar-refractivity contribution in [2.75, 3.05) is 0 Å². The molecule has 20 heavy (non-hydrogen) atoms. The van der Waals surface area contributed by atoms with Gasteiger partial charge in [0.2, 0.25) is 5.43 Å². The summed E-state index contributed by atoms with van der Waals surface area (Å²) in [6, 6.07) is 13.3. The van der Waals surface area contributed by atoms with Crippen molar-refractivity contribution < 1.29 is 4.74 Å². The maximum atomic E-state index is 12.1. The van der Waals surface area contributed by atoms with Crippen LogP contribution in [-0.4, -0.2) is 4.98 Å². The molecule has 0 aliphatic rings. The van der Waals surface area contributed by atoms with Crippen molar-refractivity contribution in [2.24, 2.45) is 0 Å². The highest BCUT2D eigenvalue weighted by Gasteiger charge is 2.05. The minimum atomic E-state index is 0.0220. The van der Waals surface area contributed by atoms with Gasteiger partial charge in [-0.15, -0.1) is 0 Å². The van der Waals surface area contributed by atoms with Gasteiger partial charge in [-0.2, -0.15) is 0 Å². The smallest absolute Gasteiger partial charge is 0.202 e. The number of ether oxygens (including phenoxy) is 1. The average Bonchev–Trinajstić information content (AvgIpc) is 2.46. The molecule has 3 rings (SSSR count). The largest absolute Gasteiger partial charge is 0.457 e. The molecule has 0 amide bonds. The molecule has 3 nitrogen and oxygen atoms in total. The van der Waals surface area contributed by atoms with E-state index in [0.29, 0.717) is 14.7 Å². The second-order valence-corrected chi connectivity index (χ2v) is 5.75. The Hall–Kier alpha value is -1.82. The van der Waals surface area contributed by atoms with Crippen LogP contribution in [0.1, 0.15) is 5.56 Å². The van der Waals surface area contributed by atoms with Crippen molar-refractivity contribution in [3.05, 3.63) is 68.0 Å². The van der Waals surface area contributed by atoms with Gasteiger partial charge in [0.05, 0.1) is 8.96 Å². The predicted molar refractivity (Wildman–Crippen MR) is 88.5 cm³/mol. The summed E-state index contributed by atoms with van der Waals surface area (Å²) >= 11 is 2.03. The SMILES string of the molecule is Cc1ccc(Oc2ccc3[nH]cc(I)c(=O)c3c2)cc1. The summed E-state index contributed by atoms with van der Waals surface area (Å²) in [7, 11) is 0. The lowest BCUT2D eigenvalue weighted by atomic mass is 10.2. The highest BCUT2D eigenvalue weighted by Crippen LogP contribution is 2.24. The van der Waals surface area contributed by atoms with Crippen molar-refractivity contribution in [3.63, 3.8) is 0 Å². The van der Waals surface area contributed by atoms with Crippen LogP contribution < -0.4 is 10.2 Å². The highest BCUT2D eigenvalue weighted by atomic mass is 127. The van der Waals surface area contributed by atoms with Gasteiger partial charge in [0.25, 0.3) is 0 Å². The zero-order chi connectivity index (χ0) is 14.1. The minimum absolute atomic E-state index is 0.0220. The van der Waals surface area contributed by atoms with E-state index in [9.17, 15) is 4.79 Å². The van der Waals surface area contributed by atoms with Crippen molar-refractivity contribution >= 4 is 33.5 Å². The topological polar surface area (TPSA) is 42.1 Å². The first-order valence-corrected chi connectivity index (χ1v) is 7.27. The normalized spacial score (nSPS) is 10.7. The Morgan fingerprint density at radius 2 is 1.75 bits per heavy atom. The van der Waals surface area contributed by atoms with Gasteiger partial charge >= 0.3 is 0 Å². The lowest BCUT2D eigenvalue weighted by Crippen LogP contribution is -2.06. The zero-order valence-electron chi connectivity index (χ0n) is 10.8. The van der Waals surface area contributed by atoms with Crippen LogP contribution in [0.4, 0.5) is 0 Å². The first kappa shape index (κ1) is 13.2. The number of benzene rings is 2. The van der Waals surface area contributed by atoms with E-state index in [0.717, 1.165) is 11.3 Å². The second-order valence-electron chi connectivity index (χ2n) is 4.59.